The fourth-order valence-corrected chi connectivity index (χ4v) is 4.26. The quantitative estimate of drug-likeness (QED) is 0.584. The Labute approximate surface area is 161 Å². The zero-order valence-electron chi connectivity index (χ0n) is 14.8. The molecule has 1 aromatic heterocycles. The van der Waals surface area contributed by atoms with Crippen LogP contribution in [0, 0.1) is 13.8 Å². The van der Waals surface area contributed by atoms with E-state index in [9.17, 15) is 4.79 Å². The van der Waals surface area contributed by atoms with E-state index in [0.717, 1.165) is 21.3 Å². The van der Waals surface area contributed by atoms with Crippen molar-refractivity contribution in [2.24, 2.45) is 0 Å². The van der Waals surface area contributed by atoms with E-state index in [-0.39, 0.29) is 11.2 Å². The molecule has 0 saturated heterocycles. The second kappa shape index (κ2) is 8.33. The van der Waals surface area contributed by atoms with Crippen LogP contribution in [0.2, 0.25) is 0 Å². The zero-order valence-corrected chi connectivity index (χ0v) is 16.4. The molecule has 134 valence electrons. The molecule has 2 aromatic carbocycles. The van der Waals surface area contributed by atoms with Crippen molar-refractivity contribution in [3.8, 4) is 0 Å². The third kappa shape index (κ3) is 4.83. The summed E-state index contributed by atoms with van der Waals surface area (Å²) in [6, 6.07) is 15.8. The maximum Gasteiger partial charge on any atom is 0.237 e. The van der Waals surface area contributed by atoms with Crippen LogP contribution in [-0.4, -0.2) is 21.4 Å². The maximum absolute atomic E-state index is 12.5. The number of thioether (sulfide) groups is 1. The maximum atomic E-state index is 12.5. The molecular formula is C19H20N4OS2. The van der Waals surface area contributed by atoms with Crippen LogP contribution in [0.5, 0.6) is 0 Å². The van der Waals surface area contributed by atoms with Crippen LogP contribution in [0.3, 0.4) is 0 Å². The molecule has 7 heteroatoms. The summed E-state index contributed by atoms with van der Waals surface area (Å²) >= 11 is 2.84. The highest BCUT2D eigenvalue weighted by Crippen LogP contribution is 2.31. The highest BCUT2D eigenvalue weighted by Gasteiger charge is 2.18. The second-order valence-corrected chi connectivity index (χ2v) is 8.50. The Morgan fingerprint density at radius 3 is 2.62 bits per heavy atom. The molecule has 26 heavy (non-hydrogen) atoms. The van der Waals surface area contributed by atoms with Crippen LogP contribution < -0.4 is 10.6 Å². The summed E-state index contributed by atoms with van der Waals surface area (Å²) in [5, 5.41) is 14.9. The summed E-state index contributed by atoms with van der Waals surface area (Å²) in [6.45, 7) is 5.90. The van der Waals surface area contributed by atoms with E-state index in [1.165, 1.54) is 28.7 Å². The number of nitrogens with one attached hydrogen (secondary N) is 2. The monoisotopic (exact) mass is 384 g/mol. The summed E-state index contributed by atoms with van der Waals surface area (Å²) in [7, 11) is 0. The topological polar surface area (TPSA) is 66.9 Å². The SMILES string of the molecule is Cc1ccc(NC(=O)[C@H](C)Sc2nnc(Nc3ccccc3)s2)c(C)c1. The predicted octanol–water partition coefficient (Wildman–Crippen LogP) is 5.02. The molecule has 1 amide bonds. The number of para-hydroxylation sites is 1. The summed E-state index contributed by atoms with van der Waals surface area (Å²) in [5.41, 5.74) is 4.04. The van der Waals surface area contributed by atoms with E-state index in [2.05, 4.69) is 26.9 Å². The van der Waals surface area contributed by atoms with Crippen molar-refractivity contribution in [1.82, 2.24) is 10.2 Å². The lowest BCUT2D eigenvalue weighted by Crippen LogP contribution is -2.22. The Bertz CT molecular complexity index is 896. The molecule has 3 rings (SSSR count). The number of nitrogens with zero attached hydrogens (tertiary/aromatic N) is 2. The van der Waals surface area contributed by atoms with Gasteiger partial charge in [0, 0.05) is 11.4 Å². The van der Waals surface area contributed by atoms with Crippen LogP contribution in [0.25, 0.3) is 0 Å². The van der Waals surface area contributed by atoms with Gasteiger partial charge in [0.1, 0.15) is 0 Å². The first-order valence-corrected chi connectivity index (χ1v) is 9.91. The molecule has 1 atom stereocenters. The molecule has 0 aliphatic rings. The van der Waals surface area contributed by atoms with E-state index in [0.29, 0.717) is 5.13 Å². The number of aryl methyl sites for hydroxylation is 2. The minimum absolute atomic E-state index is 0.0466. The van der Waals surface area contributed by atoms with Crippen molar-refractivity contribution >= 4 is 45.5 Å². The first-order chi connectivity index (χ1) is 12.5. The number of rotatable bonds is 6. The number of carbonyl (C=O) groups excluding carboxylic acids is 1. The Hall–Kier alpha value is -2.38. The van der Waals surface area contributed by atoms with Crippen molar-refractivity contribution in [3.63, 3.8) is 0 Å². The Kier molecular flexibility index (Phi) is 5.90. The Morgan fingerprint density at radius 1 is 1.12 bits per heavy atom. The van der Waals surface area contributed by atoms with Crippen molar-refractivity contribution in [2.75, 3.05) is 10.6 Å². The molecular weight excluding hydrogens is 364 g/mol. The van der Waals surface area contributed by atoms with Gasteiger partial charge in [-0.1, -0.05) is 59.0 Å². The highest BCUT2D eigenvalue weighted by molar-refractivity contribution is 8.02. The highest BCUT2D eigenvalue weighted by atomic mass is 32.2. The van der Waals surface area contributed by atoms with Gasteiger partial charge in [-0.2, -0.15) is 0 Å². The van der Waals surface area contributed by atoms with Gasteiger partial charge < -0.3 is 10.6 Å². The van der Waals surface area contributed by atoms with Crippen molar-refractivity contribution in [1.29, 1.82) is 0 Å². The van der Waals surface area contributed by atoms with Gasteiger partial charge in [0.2, 0.25) is 11.0 Å². The van der Waals surface area contributed by atoms with E-state index in [1.807, 2.05) is 63.2 Å². The predicted molar refractivity (Wildman–Crippen MR) is 109 cm³/mol. The standard InChI is InChI=1S/C19H20N4OS2/c1-12-9-10-16(13(2)11-12)21-17(24)14(3)25-19-23-22-18(26-19)20-15-7-5-4-6-8-15/h4-11,14H,1-3H3,(H,20,22)(H,21,24)/t14-/m0/s1. The van der Waals surface area contributed by atoms with E-state index < -0.39 is 0 Å². The van der Waals surface area contributed by atoms with E-state index in [1.54, 1.807) is 0 Å². The lowest BCUT2D eigenvalue weighted by Gasteiger charge is -2.12. The largest absolute Gasteiger partial charge is 0.330 e. The normalized spacial score (nSPS) is 11.8. The average molecular weight is 385 g/mol. The summed E-state index contributed by atoms with van der Waals surface area (Å²) in [6.07, 6.45) is 0. The van der Waals surface area contributed by atoms with Crippen LogP contribution >= 0.6 is 23.1 Å². The van der Waals surface area contributed by atoms with Crippen molar-refractivity contribution in [2.45, 2.75) is 30.4 Å². The second-order valence-electron chi connectivity index (χ2n) is 5.93. The van der Waals surface area contributed by atoms with Gasteiger partial charge in [-0.25, -0.2) is 0 Å². The molecule has 3 aromatic rings. The lowest BCUT2D eigenvalue weighted by atomic mass is 10.1. The molecule has 0 fully saturated rings. The molecule has 0 spiro atoms. The third-order valence-corrected chi connectivity index (χ3v) is 5.74. The molecule has 0 radical (unpaired) electrons. The summed E-state index contributed by atoms with van der Waals surface area (Å²) < 4.78 is 0.756. The fourth-order valence-electron chi connectivity index (χ4n) is 2.35. The van der Waals surface area contributed by atoms with Gasteiger partial charge in [-0.05, 0) is 44.5 Å². The Balaban J connectivity index is 1.59. The van der Waals surface area contributed by atoms with Crippen LogP contribution in [0.1, 0.15) is 18.1 Å². The molecule has 0 bridgehead atoms. The number of hydrogen-bond donors (Lipinski definition) is 2. The number of carbonyl (C=O) groups is 1. The van der Waals surface area contributed by atoms with Gasteiger partial charge in [-0.3, -0.25) is 4.79 Å². The number of aromatic nitrogens is 2. The molecule has 0 unspecified atom stereocenters. The first-order valence-electron chi connectivity index (χ1n) is 8.21. The molecule has 0 saturated carbocycles. The number of amides is 1. The van der Waals surface area contributed by atoms with Gasteiger partial charge >= 0.3 is 0 Å². The first kappa shape index (κ1) is 18.4. The van der Waals surface area contributed by atoms with Gasteiger partial charge in [0.15, 0.2) is 4.34 Å². The summed E-state index contributed by atoms with van der Waals surface area (Å²) in [5.74, 6) is -0.0466. The zero-order chi connectivity index (χ0) is 18.5. The smallest absolute Gasteiger partial charge is 0.237 e. The average Bonchev–Trinajstić information content (AvgIpc) is 3.05. The molecule has 0 aliphatic carbocycles. The van der Waals surface area contributed by atoms with Crippen molar-refractivity contribution < 1.29 is 4.79 Å². The van der Waals surface area contributed by atoms with Gasteiger partial charge in [-0.15, -0.1) is 10.2 Å². The van der Waals surface area contributed by atoms with E-state index >= 15 is 0 Å². The van der Waals surface area contributed by atoms with Gasteiger partial charge in [0.25, 0.3) is 0 Å². The lowest BCUT2D eigenvalue weighted by molar-refractivity contribution is -0.115. The fraction of sp³-hybridized carbons (Fsp3) is 0.211. The Morgan fingerprint density at radius 2 is 1.88 bits per heavy atom. The molecule has 0 aliphatic heterocycles. The number of anilines is 3. The van der Waals surface area contributed by atoms with Crippen LogP contribution in [0.4, 0.5) is 16.5 Å². The van der Waals surface area contributed by atoms with Crippen molar-refractivity contribution in [3.05, 3.63) is 59.7 Å². The third-order valence-electron chi connectivity index (χ3n) is 3.72. The minimum Gasteiger partial charge on any atom is -0.330 e. The minimum atomic E-state index is -0.270. The summed E-state index contributed by atoms with van der Waals surface area (Å²) in [4.78, 5) is 12.5. The molecule has 2 N–H and O–H groups in total. The number of hydrogen-bond acceptors (Lipinski definition) is 6. The van der Waals surface area contributed by atoms with Crippen LogP contribution in [0.15, 0.2) is 52.9 Å². The van der Waals surface area contributed by atoms with E-state index in [4.69, 9.17) is 0 Å². The number of benzene rings is 2. The molecule has 1 heterocycles. The van der Waals surface area contributed by atoms with Crippen LogP contribution in [-0.2, 0) is 4.79 Å². The molecule has 5 nitrogen and oxygen atoms in total. The van der Waals surface area contributed by atoms with Gasteiger partial charge in [0.05, 0.1) is 5.25 Å².